The molecule has 0 bridgehead atoms. The highest BCUT2D eigenvalue weighted by Crippen LogP contribution is 2.32. The second-order valence-electron chi connectivity index (χ2n) is 8.17. The summed E-state index contributed by atoms with van der Waals surface area (Å²) in [6.45, 7) is 11.1. The molecule has 0 fully saturated rings. The monoisotopic (exact) mass is 406 g/mol. The Labute approximate surface area is 178 Å². The van der Waals surface area contributed by atoms with Crippen LogP contribution in [0.15, 0.2) is 48.2 Å². The van der Waals surface area contributed by atoms with Crippen LogP contribution in [0, 0.1) is 19.8 Å². The summed E-state index contributed by atoms with van der Waals surface area (Å²) in [6.07, 6.45) is 0.914. The molecule has 0 aliphatic carbocycles. The van der Waals surface area contributed by atoms with Gasteiger partial charge in [0.2, 0.25) is 0 Å². The summed E-state index contributed by atoms with van der Waals surface area (Å²) in [6, 6.07) is 13.3. The summed E-state index contributed by atoms with van der Waals surface area (Å²) in [5, 5.41) is 3.21. The first kappa shape index (κ1) is 21.6. The quantitative estimate of drug-likeness (QED) is 0.631. The van der Waals surface area contributed by atoms with Crippen LogP contribution >= 0.6 is 0 Å². The van der Waals surface area contributed by atoms with Crippen molar-refractivity contribution in [3.8, 4) is 5.75 Å². The Morgan fingerprint density at radius 3 is 2.43 bits per heavy atom. The lowest BCUT2D eigenvalue weighted by Gasteiger charge is -2.17. The van der Waals surface area contributed by atoms with Crippen molar-refractivity contribution in [1.82, 2.24) is 4.90 Å². The average Bonchev–Trinajstić information content (AvgIpc) is 2.93. The Kier molecular flexibility index (Phi) is 6.60. The molecule has 1 N–H and O–H groups in total. The van der Waals surface area contributed by atoms with E-state index in [2.05, 4.69) is 12.2 Å². The van der Waals surface area contributed by atoms with Crippen molar-refractivity contribution in [2.24, 2.45) is 5.92 Å². The molecule has 5 heteroatoms. The molecular formula is C25H30N2O3. The second kappa shape index (κ2) is 9.16. The third-order valence-electron chi connectivity index (χ3n) is 5.09. The number of rotatable bonds is 8. The molecule has 0 aromatic heterocycles. The van der Waals surface area contributed by atoms with E-state index in [1.165, 1.54) is 4.90 Å². The van der Waals surface area contributed by atoms with E-state index in [1.807, 2.05) is 70.2 Å². The van der Waals surface area contributed by atoms with Gasteiger partial charge in [-0.05, 0) is 55.0 Å². The van der Waals surface area contributed by atoms with Crippen LogP contribution in [0.2, 0.25) is 0 Å². The molecule has 158 valence electrons. The molecule has 0 atom stereocenters. The van der Waals surface area contributed by atoms with Gasteiger partial charge in [0.05, 0.1) is 12.2 Å². The molecular weight excluding hydrogens is 376 g/mol. The Balaban J connectivity index is 2.03. The molecule has 2 aromatic rings. The van der Waals surface area contributed by atoms with Crippen molar-refractivity contribution in [1.29, 1.82) is 0 Å². The Bertz CT molecular complexity index is 992. The molecule has 2 aromatic carbocycles. The zero-order chi connectivity index (χ0) is 21.8. The van der Waals surface area contributed by atoms with Crippen molar-refractivity contribution in [3.63, 3.8) is 0 Å². The molecule has 1 aliphatic rings. The van der Waals surface area contributed by atoms with Crippen molar-refractivity contribution in [2.45, 2.75) is 41.0 Å². The van der Waals surface area contributed by atoms with Crippen LogP contribution in [-0.2, 0) is 9.59 Å². The van der Waals surface area contributed by atoms with Gasteiger partial charge in [-0.15, -0.1) is 0 Å². The zero-order valence-corrected chi connectivity index (χ0v) is 18.4. The number of carbonyl (C=O) groups excluding carboxylic acids is 2. The van der Waals surface area contributed by atoms with E-state index in [0.717, 1.165) is 28.9 Å². The van der Waals surface area contributed by atoms with Crippen LogP contribution in [0.3, 0.4) is 0 Å². The highest BCUT2D eigenvalue weighted by atomic mass is 16.5. The standard InChI is InChI=1S/C25H30N2O3/c1-6-12-30-21-9-7-8-20(14-21)26-23-22(19-11-10-17(4)18(5)13-19)24(28)27(25(23)29)15-16(2)3/h7-11,13-14,16,26H,6,12,15H2,1-5H3. The van der Waals surface area contributed by atoms with E-state index in [1.54, 1.807) is 0 Å². The van der Waals surface area contributed by atoms with Gasteiger partial charge >= 0.3 is 0 Å². The summed E-state index contributed by atoms with van der Waals surface area (Å²) < 4.78 is 5.70. The molecule has 0 unspecified atom stereocenters. The van der Waals surface area contributed by atoms with Gasteiger partial charge in [0.1, 0.15) is 11.4 Å². The third kappa shape index (κ3) is 4.56. The first-order valence-corrected chi connectivity index (χ1v) is 10.5. The number of nitrogens with one attached hydrogen (secondary N) is 1. The summed E-state index contributed by atoms with van der Waals surface area (Å²) in [7, 11) is 0. The molecule has 0 saturated carbocycles. The second-order valence-corrected chi connectivity index (χ2v) is 8.17. The zero-order valence-electron chi connectivity index (χ0n) is 18.4. The third-order valence-corrected chi connectivity index (χ3v) is 5.09. The van der Waals surface area contributed by atoms with E-state index >= 15 is 0 Å². The van der Waals surface area contributed by atoms with Crippen molar-refractivity contribution < 1.29 is 14.3 Å². The van der Waals surface area contributed by atoms with Crippen LogP contribution in [0.5, 0.6) is 5.75 Å². The summed E-state index contributed by atoms with van der Waals surface area (Å²) >= 11 is 0. The predicted molar refractivity (Wildman–Crippen MR) is 120 cm³/mol. The minimum atomic E-state index is -0.290. The van der Waals surface area contributed by atoms with Crippen LogP contribution in [-0.4, -0.2) is 29.9 Å². The number of amides is 2. The maximum absolute atomic E-state index is 13.2. The molecule has 30 heavy (non-hydrogen) atoms. The fourth-order valence-corrected chi connectivity index (χ4v) is 3.42. The van der Waals surface area contributed by atoms with Crippen molar-refractivity contribution in [3.05, 3.63) is 64.9 Å². The smallest absolute Gasteiger partial charge is 0.278 e. The number of benzene rings is 2. The first-order valence-electron chi connectivity index (χ1n) is 10.5. The Morgan fingerprint density at radius 2 is 1.77 bits per heavy atom. The normalized spacial score (nSPS) is 14.1. The van der Waals surface area contributed by atoms with E-state index in [-0.39, 0.29) is 17.7 Å². The largest absolute Gasteiger partial charge is 0.494 e. The molecule has 0 radical (unpaired) electrons. The van der Waals surface area contributed by atoms with E-state index in [0.29, 0.717) is 30.1 Å². The van der Waals surface area contributed by atoms with E-state index < -0.39 is 0 Å². The van der Waals surface area contributed by atoms with Gasteiger partial charge in [-0.1, -0.05) is 45.0 Å². The van der Waals surface area contributed by atoms with Gasteiger partial charge in [0, 0.05) is 18.3 Å². The van der Waals surface area contributed by atoms with Crippen molar-refractivity contribution >= 4 is 23.1 Å². The lowest BCUT2D eigenvalue weighted by atomic mass is 9.99. The number of carbonyl (C=O) groups is 2. The van der Waals surface area contributed by atoms with Crippen LogP contribution < -0.4 is 10.1 Å². The van der Waals surface area contributed by atoms with Gasteiger partial charge in [-0.2, -0.15) is 0 Å². The Hall–Kier alpha value is -3.08. The van der Waals surface area contributed by atoms with Crippen molar-refractivity contribution in [2.75, 3.05) is 18.5 Å². The predicted octanol–water partition coefficient (Wildman–Crippen LogP) is 4.94. The number of nitrogens with zero attached hydrogens (tertiary/aromatic N) is 1. The summed E-state index contributed by atoms with van der Waals surface area (Å²) in [5.41, 5.74) is 4.43. The number of hydrogen-bond donors (Lipinski definition) is 1. The van der Waals surface area contributed by atoms with Crippen LogP contribution in [0.4, 0.5) is 5.69 Å². The van der Waals surface area contributed by atoms with E-state index in [4.69, 9.17) is 4.74 Å². The van der Waals surface area contributed by atoms with Crippen LogP contribution in [0.1, 0.15) is 43.9 Å². The topological polar surface area (TPSA) is 58.6 Å². The average molecular weight is 407 g/mol. The molecule has 3 rings (SSSR count). The van der Waals surface area contributed by atoms with Crippen LogP contribution in [0.25, 0.3) is 5.57 Å². The van der Waals surface area contributed by atoms with Gasteiger partial charge in [-0.3, -0.25) is 14.5 Å². The number of imide groups is 1. The minimum Gasteiger partial charge on any atom is -0.494 e. The molecule has 0 saturated heterocycles. The Morgan fingerprint density at radius 1 is 1.00 bits per heavy atom. The molecule has 1 aliphatic heterocycles. The minimum absolute atomic E-state index is 0.184. The molecule has 5 nitrogen and oxygen atoms in total. The number of aryl methyl sites for hydroxylation is 2. The molecule has 1 heterocycles. The number of hydrogen-bond acceptors (Lipinski definition) is 4. The lowest BCUT2D eigenvalue weighted by Crippen LogP contribution is -2.35. The number of anilines is 1. The number of ether oxygens (including phenoxy) is 1. The first-order chi connectivity index (χ1) is 14.3. The van der Waals surface area contributed by atoms with Gasteiger partial charge in [-0.25, -0.2) is 0 Å². The highest BCUT2D eigenvalue weighted by molar-refractivity contribution is 6.36. The van der Waals surface area contributed by atoms with Gasteiger partial charge in [0.15, 0.2) is 0 Å². The fourth-order valence-electron chi connectivity index (χ4n) is 3.42. The maximum Gasteiger partial charge on any atom is 0.278 e. The molecule has 2 amide bonds. The van der Waals surface area contributed by atoms with E-state index in [9.17, 15) is 9.59 Å². The SMILES string of the molecule is CCCOc1cccc(NC2=C(c3ccc(C)c(C)c3)C(=O)N(CC(C)C)C2=O)c1. The fraction of sp³-hybridized carbons (Fsp3) is 0.360. The summed E-state index contributed by atoms with van der Waals surface area (Å²) in [5.74, 6) is 0.370. The lowest BCUT2D eigenvalue weighted by molar-refractivity contribution is -0.137. The van der Waals surface area contributed by atoms with Gasteiger partial charge in [0.25, 0.3) is 11.8 Å². The highest BCUT2D eigenvalue weighted by Gasteiger charge is 2.39. The van der Waals surface area contributed by atoms with Gasteiger partial charge < -0.3 is 10.1 Å². The summed E-state index contributed by atoms with van der Waals surface area (Å²) in [4.78, 5) is 27.8. The molecule has 0 spiro atoms. The maximum atomic E-state index is 13.2.